The van der Waals surface area contributed by atoms with Gasteiger partial charge in [-0.15, -0.1) is 0 Å². The number of nitro benzene ring substituents is 1. The van der Waals surface area contributed by atoms with Crippen molar-refractivity contribution in [1.82, 2.24) is 0 Å². The maximum atomic E-state index is 12.5. The van der Waals surface area contributed by atoms with Crippen LogP contribution in [0.1, 0.15) is 11.1 Å². The van der Waals surface area contributed by atoms with Gasteiger partial charge in [0.2, 0.25) is 0 Å². The van der Waals surface area contributed by atoms with E-state index in [1.807, 2.05) is 12.1 Å². The minimum atomic E-state index is -0.473. The quantitative estimate of drug-likeness (QED) is 0.191. The van der Waals surface area contributed by atoms with Crippen LogP contribution in [0.25, 0.3) is 21.7 Å². The highest BCUT2D eigenvalue weighted by Crippen LogP contribution is 2.33. The van der Waals surface area contributed by atoms with E-state index in [1.54, 1.807) is 25.1 Å². The molecule has 3 aromatic carbocycles. The summed E-state index contributed by atoms with van der Waals surface area (Å²) >= 11 is 0. The first-order chi connectivity index (χ1) is 14.9. The summed E-state index contributed by atoms with van der Waals surface area (Å²) in [5, 5.41) is 13.0. The SMILES string of the molecule is COc1ccc2c(c1)c(=O)oc1c(C)c(OCc3cc([N+](=O)[O-])ccc3OC)ccc12. The van der Waals surface area contributed by atoms with Crippen LogP contribution in [-0.2, 0) is 6.61 Å². The summed E-state index contributed by atoms with van der Waals surface area (Å²) in [7, 11) is 3.02. The van der Waals surface area contributed by atoms with Crippen molar-refractivity contribution < 1.29 is 23.6 Å². The molecule has 0 bridgehead atoms. The first-order valence-electron chi connectivity index (χ1n) is 9.41. The second kappa shape index (κ2) is 7.98. The first-order valence-corrected chi connectivity index (χ1v) is 9.41. The maximum Gasteiger partial charge on any atom is 0.344 e. The molecule has 8 heteroatoms. The van der Waals surface area contributed by atoms with Crippen molar-refractivity contribution in [2.24, 2.45) is 0 Å². The molecular weight excluding hydrogens is 402 g/mol. The number of non-ortho nitro benzene ring substituents is 1. The van der Waals surface area contributed by atoms with Gasteiger partial charge in [0.1, 0.15) is 29.4 Å². The summed E-state index contributed by atoms with van der Waals surface area (Å²) in [6.45, 7) is 1.84. The zero-order valence-electron chi connectivity index (χ0n) is 17.1. The third-order valence-corrected chi connectivity index (χ3v) is 5.15. The Labute approximate surface area is 176 Å². The third-order valence-electron chi connectivity index (χ3n) is 5.15. The molecular formula is C23H19NO7. The Morgan fingerprint density at radius 2 is 1.68 bits per heavy atom. The number of fused-ring (bicyclic) bond motifs is 3. The lowest BCUT2D eigenvalue weighted by atomic mass is 10.0. The lowest BCUT2D eigenvalue weighted by Gasteiger charge is -2.13. The minimum absolute atomic E-state index is 0.0478. The summed E-state index contributed by atoms with van der Waals surface area (Å²) in [6.07, 6.45) is 0. The number of rotatable bonds is 6. The third kappa shape index (κ3) is 3.63. The molecule has 0 N–H and O–H groups in total. The molecule has 0 fully saturated rings. The molecule has 0 unspecified atom stereocenters. The summed E-state index contributed by atoms with van der Waals surface area (Å²) in [5.41, 5.74) is 1.08. The van der Waals surface area contributed by atoms with Crippen molar-refractivity contribution in [3.05, 3.63) is 80.2 Å². The average molecular weight is 421 g/mol. The Kier molecular flexibility index (Phi) is 5.21. The molecule has 158 valence electrons. The molecule has 0 atom stereocenters. The van der Waals surface area contributed by atoms with E-state index < -0.39 is 10.5 Å². The highest BCUT2D eigenvalue weighted by atomic mass is 16.6. The van der Waals surface area contributed by atoms with Gasteiger partial charge in [0.05, 0.1) is 24.5 Å². The molecule has 0 spiro atoms. The van der Waals surface area contributed by atoms with E-state index in [-0.39, 0.29) is 12.3 Å². The average Bonchev–Trinajstić information content (AvgIpc) is 2.78. The van der Waals surface area contributed by atoms with Crippen LogP contribution < -0.4 is 19.8 Å². The number of hydrogen-bond acceptors (Lipinski definition) is 7. The standard InChI is InChI=1S/C23H19NO7/c1-13-20(30-12-14-10-15(24(26)27)4-8-21(14)29-3)9-7-18-17-6-5-16(28-2)11-19(17)23(25)31-22(13)18/h4-11H,12H2,1-3H3. The van der Waals surface area contributed by atoms with E-state index in [0.717, 1.165) is 10.8 Å². The number of hydrogen-bond donors (Lipinski definition) is 0. The number of nitro groups is 1. The van der Waals surface area contributed by atoms with Crippen molar-refractivity contribution in [2.45, 2.75) is 13.5 Å². The van der Waals surface area contributed by atoms with E-state index in [9.17, 15) is 14.9 Å². The van der Waals surface area contributed by atoms with Crippen LogP contribution in [0, 0.1) is 17.0 Å². The van der Waals surface area contributed by atoms with Crippen molar-refractivity contribution in [3.63, 3.8) is 0 Å². The molecule has 0 aliphatic rings. The molecule has 8 nitrogen and oxygen atoms in total. The second-order valence-corrected chi connectivity index (χ2v) is 6.91. The van der Waals surface area contributed by atoms with Gasteiger partial charge in [-0.25, -0.2) is 4.79 Å². The summed E-state index contributed by atoms with van der Waals surface area (Å²) in [4.78, 5) is 23.2. The smallest absolute Gasteiger partial charge is 0.344 e. The van der Waals surface area contributed by atoms with E-state index in [1.165, 1.54) is 32.4 Å². The largest absolute Gasteiger partial charge is 0.497 e. The fourth-order valence-corrected chi connectivity index (χ4v) is 3.52. The van der Waals surface area contributed by atoms with Gasteiger partial charge >= 0.3 is 5.63 Å². The van der Waals surface area contributed by atoms with Crippen LogP contribution in [0.3, 0.4) is 0 Å². The van der Waals surface area contributed by atoms with E-state index in [2.05, 4.69) is 0 Å². The molecule has 4 rings (SSSR count). The normalized spacial score (nSPS) is 10.9. The van der Waals surface area contributed by atoms with Crippen LogP contribution >= 0.6 is 0 Å². The van der Waals surface area contributed by atoms with Crippen LogP contribution in [0.5, 0.6) is 17.2 Å². The lowest BCUT2D eigenvalue weighted by Crippen LogP contribution is -2.03. The Morgan fingerprint density at radius 1 is 0.935 bits per heavy atom. The molecule has 0 saturated carbocycles. The number of aryl methyl sites for hydroxylation is 1. The molecule has 31 heavy (non-hydrogen) atoms. The molecule has 0 amide bonds. The number of methoxy groups -OCH3 is 2. The zero-order chi connectivity index (χ0) is 22.1. The summed E-state index contributed by atoms with van der Waals surface area (Å²) in [6, 6.07) is 13.2. The van der Waals surface area contributed by atoms with Gasteiger partial charge in [-0.1, -0.05) is 0 Å². The Hall–Kier alpha value is -4.07. The monoisotopic (exact) mass is 421 g/mol. The lowest BCUT2D eigenvalue weighted by molar-refractivity contribution is -0.385. The predicted octanol–water partition coefficient (Wildman–Crippen LogP) is 4.76. The van der Waals surface area contributed by atoms with Gasteiger partial charge in [0, 0.05) is 34.0 Å². The second-order valence-electron chi connectivity index (χ2n) is 6.91. The van der Waals surface area contributed by atoms with Gasteiger partial charge in [0.25, 0.3) is 5.69 Å². The van der Waals surface area contributed by atoms with Crippen LogP contribution in [0.4, 0.5) is 5.69 Å². The molecule has 1 heterocycles. The van der Waals surface area contributed by atoms with Gasteiger partial charge < -0.3 is 18.6 Å². The Balaban J connectivity index is 1.74. The van der Waals surface area contributed by atoms with Gasteiger partial charge in [-0.3, -0.25) is 10.1 Å². The van der Waals surface area contributed by atoms with Crippen LogP contribution in [0.15, 0.2) is 57.7 Å². The fraction of sp³-hybridized carbons (Fsp3) is 0.174. The molecule has 0 radical (unpaired) electrons. The van der Waals surface area contributed by atoms with Gasteiger partial charge in [-0.05, 0) is 43.3 Å². The van der Waals surface area contributed by atoms with Crippen molar-refractivity contribution >= 4 is 27.4 Å². The fourth-order valence-electron chi connectivity index (χ4n) is 3.52. The molecule has 1 aromatic heterocycles. The summed E-state index contributed by atoms with van der Waals surface area (Å²) < 4.78 is 22.0. The topological polar surface area (TPSA) is 101 Å². The van der Waals surface area contributed by atoms with Crippen molar-refractivity contribution in [1.29, 1.82) is 0 Å². The minimum Gasteiger partial charge on any atom is -0.497 e. The first kappa shape index (κ1) is 20.2. The van der Waals surface area contributed by atoms with Gasteiger partial charge in [0.15, 0.2) is 0 Å². The zero-order valence-corrected chi connectivity index (χ0v) is 17.1. The number of ether oxygens (including phenoxy) is 3. The van der Waals surface area contributed by atoms with E-state index in [4.69, 9.17) is 18.6 Å². The van der Waals surface area contributed by atoms with E-state index in [0.29, 0.717) is 39.3 Å². The Bertz CT molecular complexity index is 1370. The van der Waals surface area contributed by atoms with Crippen molar-refractivity contribution in [3.8, 4) is 17.2 Å². The number of benzene rings is 3. The highest BCUT2D eigenvalue weighted by Gasteiger charge is 2.16. The predicted molar refractivity (Wildman–Crippen MR) is 115 cm³/mol. The van der Waals surface area contributed by atoms with Crippen LogP contribution in [-0.4, -0.2) is 19.1 Å². The summed E-state index contributed by atoms with van der Waals surface area (Å²) in [5.74, 6) is 1.55. The molecule has 0 aliphatic carbocycles. The van der Waals surface area contributed by atoms with Crippen LogP contribution in [0.2, 0.25) is 0 Å². The molecule has 4 aromatic rings. The Morgan fingerprint density at radius 3 is 2.39 bits per heavy atom. The molecule has 0 aliphatic heterocycles. The maximum absolute atomic E-state index is 12.5. The number of nitrogens with zero attached hydrogens (tertiary/aromatic N) is 1. The van der Waals surface area contributed by atoms with E-state index >= 15 is 0 Å². The van der Waals surface area contributed by atoms with Gasteiger partial charge in [-0.2, -0.15) is 0 Å². The van der Waals surface area contributed by atoms with Crippen molar-refractivity contribution in [2.75, 3.05) is 14.2 Å². The highest BCUT2D eigenvalue weighted by molar-refractivity contribution is 6.06. The molecule has 0 saturated heterocycles.